The summed E-state index contributed by atoms with van der Waals surface area (Å²) < 4.78 is 19.1. The number of halogens is 1. The Morgan fingerprint density at radius 1 is 1.18 bits per heavy atom. The first-order valence-corrected chi connectivity index (χ1v) is 9.78. The zero-order valence-corrected chi connectivity index (χ0v) is 15.9. The number of fused-ring (bicyclic) bond motifs is 2. The second kappa shape index (κ2) is 7.55. The lowest BCUT2D eigenvalue weighted by atomic mass is 10.0. The molecule has 1 aromatic heterocycles. The average Bonchev–Trinajstić information content (AvgIpc) is 3.04. The van der Waals surface area contributed by atoms with Gasteiger partial charge >= 0.3 is 11.9 Å². The number of benzene rings is 2. The number of amides is 3. The molecule has 6 nitrogen and oxygen atoms in total. The van der Waals surface area contributed by atoms with Gasteiger partial charge in [-0.2, -0.15) is 0 Å². The highest BCUT2D eigenvalue weighted by Gasteiger charge is 2.23. The van der Waals surface area contributed by atoms with E-state index in [-0.39, 0.29) is 17.6 Å². The van der Waals surface area contributed by atoms with Crippen molar-refractivity contribution >= 4 is 34.7 Å². The molecule has 2 aromatic carbocycles. The zero-order chi connectivity index (χ0) is 19.7. The molecule has 1 atom stereocenters. The monoisotopic (exact) mass is 399 g/mol. The number of carbonyl (C=O) groups is 2. The number of urea groups is 1. The number of carbonyl (C=O) groups excluding carboxylic acids is 2. The summed E-state index contributed by atoms with van der Waals surface area (Å²) in [5, 5.41) is 3.62. The van der Waals surface area contributed by atoms with Gasteiger partial charge in [0.2, 0.25) is 0 Å². The van der Waals surface area contributed by atoms with Crippen LogP contribution < -0.4 is 16.2 Å². The van der Waals surface area contributed by atoms with Crippen LogP contribution in [0, 0.1) is 12.7 Å². The van der Waals surface area contributed by atoms with Crippen molar-refractivity contribution < 1.29 is 18.4 Å². The molecule has 0 fully saturated rings. The van der Waals surface area contributed by atoms with Crippen LogP contribution in [0.3, 0.4) is 0 Å². The molecule has 2 heterocycles. The van der Waals surface area contributed by atoms with Gasteiger partial charge in [0.15, 0.2) is 5.76 Å². The number of thioether (sulfide) groups is 1. The third-order valence-electron chi connectivity index (χ3n) is 4.66. The average molecular weight is 399 g/mol. The molecule has 3 amide bonds. The van der Waals surface area contributed by atoms with Crippen molar-refractivity contribution in [2.45, 2.75) is 24.3 Å². The van der Waals surface area contributed by atoms with E-state index in [1.165, 1.54) is 12.1 Å². The number of hydrogen-bond donors (Lipinski definition) is 3. The summed E-state index contributed by atoms with van der Waals surface area (Å²) in [6, 6.07) is 11.0. The first-order chi connectivity index (χ1) is 13.5. The van der Waals surface area contributed by atoms with Crippen molar-refractivity contribution in [1.82, 2.24) is 16.2 Å². The van der Waals surface area contributed by atoms with Gasteiger partial charge in [-0.1, -0.05) is 18.2 Å². The highest BCUT2D eigenvalue weighted by Crippen LogP contribution is 2.36. The summed E-state index contributed by atoms with van der Waals surface area (Å²) in [6.45, 7) is 1.78. The summed E-state index contributed by atoms with van der Waals surface area (Å²) in [5.41, 5.74) is 6.73. The number of hydrazine groups is 1. The third kappa shape index (κ3) is 3.55. The van der Waals surface area contributed by atoms with E-state index in [1.807, 2.05) is 18.2 Å². The molecule has 1 aliphatic heterocycles. The molecule has 0 unspecified atom stereocenters. The summed E-state index contributed by atoms with van der Waals surface area (Å²) in [4.78, 5) is 25.5. The van der Waals surface area contributed by atoms with Crippen molar-refractivity contribution in [3.05, 3.63) is 65.2 Å². The molecule has 28 heavy (non-hydrogen) atoms. The molecular weight excluding hydrogens is 381 g/mol. The molecule has 0 radical (unpaired) electrons. The van der Waals surface area contributed by atoms with Crippen LogP contribution >= 0.6 is 11.8 Å². The first kappa shape index (κ1) is 18.4. The van der Waals surface area contributed by atoms with Gasteiger partial charge in [-0.3, -0.25) is 10.2 Å². The van der Waals surface area contributed by atoms with Crippen LogP contribution in [-0.2, 0) is 0 Å². The maximum absolute atomic E-state index is 13.6. The number of hydrogen-bond acceptors (Lipinski definition) is 4. The van der Waals surface area contributed by atoms with E-state index >= 15 is 0 Å². The van der Waals surface area contributed by atoms with E-state index in [0.29, 0.717) is 17.6 Å². The Labute approximate surface area is 164 Å². The van der Waals surface area contributed by atoms with Crippen LogP contribution in [0.5, 0.6) is 0 Å². The van der Waals surface area contributed by atoms with Crippen molar-refractivity contribution in [3.63, 3.8) is 0 Å². The Balaban J connectivity index is 1.40. The minimum atomic E-state index is -0.575. The van der Waals surface area contributed by atoms with E-state index in [4.69, 9.17) is 4.42 Å². The lowest BCUT2D eigenvalue weighted by Crippen LogP contribution is -2.48. The molecule has 1 aliphatic rings. The second-order valence-corrected chi connectivity index (χ2v) is 7.61. The van der Waals surface area contributed by atoms with Crippen LogP contribution in [0.2, 0.25) is 0 Å². The van der Waals surface area contributed by atoms with Crippen LogP contribution in [0.1, 0.15) is 34.1 Å². The molecular formula is C20H18FN3O3S. The van der Waals surface area contributed by atoms with Gasteiger partial charge in [0.05, 0.1) is 6.04 Å². The molecule has 0 aliphatic carbocycles. The molecule has 144 valence electrons. The number of aryl methyl sites for hydroxylation is 1. The largest absolute Gasteiger partial charge is 0.451 e. The Morgan fingerprint density at radius 3 is 2.82 bits per heavy atom. The SMILES string of the molecule is Cc1c(C(=O)NNC(=O)N[C@H]2CCSc3ccc(F)cc32)oc2ccccc12. The molecule has 0 spiro atoms. The first-order valence-electron chi connectivity index (χ1n) is 8.80. The normalized spacial score (nSPS) is 15.7. The fraction of sp³-hybridized carbons (Fsp3) is 0.200. The molecule has 3 N–H and O–H groups in total. The standard InChI is InChI=1S/C20H18FN3O3S/c1-11-13-4-2-3-5-16(13)27-18(11)19(25)23-24-20(26)22-15-8-9-28-17-7-6-12(21)10-14(15)17/h2-7,10,15H,8-9H2,1H3,(H,23,25)(H2,22,24,26)/t15-/m0/s1. The van der Waals surface area contributed by atoms with E-state index in [0.717, 1.165) is 21.6 Å². The van der Waals surface area contributed by atoms with Gasteiger partial charge < -0.3 is 9.73 Å². The van der Waals surface area contributed by atoms with Gasteiger partial charge in [-0.05, 0) is 43.2 Å². The second-order valence-electron chi connectivity index (χ2n) is 6.48. The summed E-state index contributed by atoms with van der Waals surface area (Å²) in [6.07, 6.45) is 0.672. The lowest BCUT2D eigenvalue weighted by molar-refractivity contribution is 0.0909. The fourth-order valence-electron chi connectivity index (χ4n) is 3.27. The molecule has 3 aromatic rings. The Hall–Kier alpha value is -3.00. The highest BCUT2D eigenvalue weighted by atomic mass is 32.2. The molecule has 8 heteroatoms. The number of para-hydroxylation sites is 1. The lowest BCUT2D eigenvalue weighted by Gasteiger charge is -2.26. The van der Waals surface area contributed by atoms with Gasteiger partial charge in [0.25, 0.3) is 0 Å². The quantitative estimate of drug-likeness (QED) is 0.568. The third-order valence-corrected chi connectivity index (χ3v) is 5.78. The van der Waals surface area contributed by atoms with Gasteiger partial charge in [-0.25, -0.2) is 14.6 Å². The van der Waals surface area contributed by atoms with E-state index < -0.39 is 11.9 Å². The van der Waals surface area contributed by atoms with Crippen molar-refractivity contribution in [1.29, 1.82) is 0 Å². The van der Waals surface area contributed by atoms with Crippen molar-refractivity contribution in [2.24, 2.45) is 0 Å². The minimum Gasteiger partial charge on any atom is -0.451 e. The van der Waals surface area contributed by atoms with E-state index in [1.54, 1.807) is 30.8 Å². The topological polar surface area (TPSA) is 83.4 Å². The fourth-order valence-corrected chi connectivity index (χ4v) is 4.38. The summed E-state index contributed by atoms with van der Waals surface area (Å²) in [7, 11) is 0. The molecule has 0 saturated carbocycles. The van der Waals surface area contributed by atoms with E-state index in [9.17, 15) is 14.0 Å². The number of furan rings is 1. The summed E-state index contributed by atoms with van der Waals surface area (Å²) >= 11 is 1.63. The van der Waals surface area contributed by atoms with E-state index in [2.05, 4.69) is 16.2 Å². The predicted molar refractivity (Wildman–Crippen MR) is 105 cm³/mol. The summed E-state index contributed by atoms with van der Waals surface area (Å²) in [5.74, 6) is 0.0632. The van der Waals surface area contributed by atoms with Crippen molar-refractivity contribution in [3.8, 4) is 0 Å². The minimum absolute atomic E-state index is 0.142. The molecule has 4 rings (SSSR count). The Morgan fingerprint density at radius 2 is 2.00 bits per heavy atom. The van der Waals surface area contributed by atoms with Crippen LogP contribution in [-0.4, -0.2) is 17.7 Å². The van der Waals surface area contributed by atoms with Crippen molar-refractivity contribution in [2.75, 3.05) is 5.75 Å². The predicted octanol–water partition coefficient (Wildman–Crippen LogP) is 4.06. The van der Waals surface area contributed by atoms with Gasteiger partial charge in [-0.15, -0.1) is 11.8 Å². The highest BCUT2D eigenvalue weighted by molar-refractivity contribution is 7.99. The number of nitrogens with one attached hydrogen (secondary N) is 3. The van der Waals surface area contributed by atoms with Crippen LogP contribution in [0.15, 0.2) is 51.8 Å². The van der Waals surface area contributed by atoms with Crippen LogP contribution in [0.4, 0.5) is 9.18 Å². The number of rotatable bonds is 2. The zero-order valence-electron chi connectivity index (χ0n) is 15.0. The van der Waals surface area contributed by atoms with Crippen LogP contribution in [0.25, 0.3) is 11.0 Å². The Kier molecular flexibility index (Phi) is 4.95. The van der Waals surface area contributed by atoms with Gasteiger partial charge in [0.1, 0.15) is 11.4 Å². The Bertz CT molecular complexity index is 1070. The smallest absolute Gasteiger partial charge is 0.333 e. The maximum atomic E-state index is 13.6. The maximum Gasteiger partial charge on any atom is 0.333 e. The molecule has 0 saturated heterocycles. The molecule has 0 bridgehead atoms. The van der Waals surface area contributed by atoms with Gasteiger partial charge in [0, 0.05) is 21.6 Å².